The molecule has 0 bridgehead atoms. The maximum absolute atomic E-state index is 12.2. The summed E-state index contributed by atoms with van der Waals surface area (Å²) in [4.78, 5) is 47.2. The molecule has 3 unspecified atom stereocenters. The number of rotatable bonds is 9. The molecule has 0 fully saturated rings. The van der Waals surface area contributed by atoms with Crippen LogP contribution in [-0.2, 0) is 30.3 Å². The monoisotopic (exact) mass is 395 g/mol. The fourth-order valence-corrected chi connectivity index (χ4v) is 2.25. The molecule has 0 heterocycles. The summed E-state index contributed by atoms with van der Waals surface area (Å²) in [5.74, 6) is -2.00. The Bertz CT molecular complexity index is 707. The van der Waals surface area contributed by atoms with Gasteiger partial charge in [-0.3, -0.25) is 14.4 Å². The van der Waals surface area contributed by atoms with E-state index in [1.807, 2.05) is 0 Å². The normalized spacial score (nSPS) is 13.6. The third-order valence-corrected chi connectivity index (χ3v) is 3.90. The zero-order valence-corrected chi connectivity index (χ0v) is 16.2. The van der Waals surface area contributed by atoms with Gasteiger partial charge in [0.1, 0.15) is 17.8 Å². The quantitative estimate of drug-likeness (QED) is 0.299. The highest BCUT2D eigenvalue weighted by Gasteiger charge is 2.23. The van der Waals surface area contributed by atoms with Crippen LogP contribution in [-0.4, -0.2) is 60.6 Å². The number of amides is 3. The number of esters is 1. The number of hydrogen-bond donors (Lipinski definition) is 5. The van der Waals surface area contributed by atoms with E-state index in [0.29, 0.717) is 6.42 Å². The predicted molar refractivity (Wildman–Crippen MR) is 98.7 cm³/mol. The van der Waals surface area contributed by atoms with Crippen LogP contribution in [0.5, 0.6) is 5.75 Å². The molecule has 0 aliphatic carbocycles. The van der Waals surface area contributed by atoms with E-state index in [1.54, 1.807) is 12.1 Å². The van der Waals surface area contributed by atoms with Crippen LogP contribution < -0.4 is 21.7 Å². The number of carbonyl (C=O) groups excluding carboxylic acids is 4. The third-order valence-electron chi connectivity index (χ3n) is 3.90. The Balaban J connectivity index is 2.41. The molecular weight excluding hydrogens is 368 g/mol. The molecule has 1 aromatic rings. The van der Waals surface area contributed by atoms with E-state index in [2.05, 4.69) is 26.4 Å². The van der Waals surface area contributed by atoms with E-state index in [1.165, 1.54) is 33.1 Å². The molecule has 1 rings (SSSR count). The average molecular weight is 395 g/mol. The van der Waals surface area contributed by atoms with Gasteiger partial charge in [0.25, 0.3) is 5.91 Å². The van der Waals surface area contributed by atoms with Gasteiger partial charge in [-0.1, -0.05) is 12.1 Å². The van der Waals surface area contributed by atoms with E-state index in [4.69, 9.17) is 0 Å². The van der Waals surface area contributed by atoms with Gasteiger partial charge in [0, 0.05) is 6.42 Å². The number of methoxy groups -OCH3 is 1. The molecule has 3 atom stereocenters. The maximum Gasteiger partial charge on any atom is 0.328 e. The fraction of sp³-hybridized carbons (Fsp3) is 0.444. The van der Waals surface area contributed by atoms with E-state index in [-0.39, 0.29) is 12.3 Å². The Morgan fingerprint density at radius 2 is 1.64 bits per heavy atom. The fourth-order valence-electron chi connectivity index (χ4n) is 2.25. The smallest absolute Gasteiger partial charge is 0.328 e. The lowest BCUT2D eigenvalue weighted by atomic mass is 10.1. The molecule has 10 heteroatoms. The number of phenols is 1. The van der Waals surface area contributed by atoms with Crippen LogP contribution in [0.25, 0.3) is 0 Å². The van der Waals surface area contributed by atoms with Crippen LogP contribution in [0.2, 0.25) is 0 Å². The lowest BCUT2D eigenvalue weighted by Crippen LogP contribution is -2.69. The van der Waals surface area contributed by atoms with Crippen LogP contribution in [0.4, 0.5) is 0 Å². The van der Waals surface area contributed by atoms with Crippen molar-refractivity contribution in [3.8, 4) is 5.75 Å². The van der Waals surface area contributed by atoms with Crippen molar-refractivity contribution in [3.63, 3.8) is 0 Å². The molecule has 0 aliphatic rings. The Morgan fingerprint density at radius 3 is 2.21 bits per heavy atom. The standard InChI is InChI=1S/C18H26N4O6/c1-10(16(25)20-9-15(24)21-11(2)18(27)28-3)22-17(26)14(19)8-12-4-6-13(23)7-5-12/h4-7,10-11,14,23H,8-9,19H2,1-3H3,(H,20,25)(H,21,24)(H,22,26)/p+1. The van der Waals surface area contributed by atoms with Crippen molar-refractivity contribution < 1.29 is 34.8 Å². The summed E-state index contributed by atoms with van der Waals surface area (Å²) in [7, 11) is 1.20. The van der Waals surface area contributed by atoms with Crippen LogP contribution >= 0.6 is 0 Å². The number of benzene rings is 1. The second kappa shape index (κ2) is 10.9. The van der Waals surface area contributed by atoms with Crippen molar-refractivity contribution in [2.75, 3.05) is 13.7 Å². The van der Waals surface area contributed by atoms with Crippen molar-refractivity contribution >= 4 is 23.7 Å². The molecule has 28 heavy (non-hydrogen) atoms. The Hall–Kier alpha value is -3.14. The van der Waals surface area contributed by atoms with Gasteiger partial charge < -0.3 is 31.5 Å². The minimum absolute atomic E-state index is 0.129. The van der Waals surface area contributed by atoms with E-state index in [0.717, 1.165) is 5.56 Å². The first-order valence-corrected chi connectivity index (χ1v) is 8.70. The van der Waals surface area contributed by atoms with Gasteiger partial charge in [-0.25, -0.2) is 4.79 Å². The molecule has 0 radical (unpaired) electrons. The van der Waals surface area contributed by atoms with Crippen LogP contribution in [0.1, 0.15) is 19.4 Å². The first kappa shape index (κ1) is 22.9. The molecule has 3 amide bonds. The highest BCUT2D eigenvalue weighted by molar-refractivity contribution is 5.92. The third kappa shape index (κ3) is 7.62. The van der Waals surface area contributed by atoms with Crippen molar-refractivity contribution in [3.05, 3.63) is 29.8 Å². The van der Waals surface area contributed by atoms with Gasteiger partial charge in [-0.05, 0) is 31.5 Å². The van der Waals surface area contributed by atoms with Gasteiger partial charge in [0.05, 0.1) is 13.7 Å². The summed E-state index contributed by atoms with van der Waals surface area (Å²) >= 11 is 0. The Morgan fingerprint density at radius 1 is 1.04 bits per heavy atom. The zero-order chi connectivity index (χ0) is 21.3. The largest absolute Gasteiger partial charge is 0.508 e. The lowest BCUT2D eigenvalue weighted by molar-refractivity contribution is -0.403. The van der Waals surface area contributed by atoms with Gasteiger partial charge >= 0.3 is 5.97 Å². The zero-order valence-electron chi connectivity index (χ0n) is 16.2. The predicted octanol–water partition coefficient (Wildman–Crippen LogP) is -2.16. The molecule has 154 valence electrons. The van der Waals surface area contributed by atoms with Crippen molar-refractivity contribution in [2.24, 2.45) is 0 Å². The number of nitrogens with one attached hydrogen (secondary N) is 3. The van der Waals surface area contributed by atoms with Crippen LogP contribution in [0.15, 0.2) is 24.3 Å². The summed E-state index contributed by atoms with van der Waals surface area (Å²) in [5, 5.41) is 16.6. The topological polar surface area (TPSA) is 161 Å². The second-order valence-electron chi connectivity index (χ2n) is 6.33. The highest BCUT2D eigenvalue weighted by Crippen LogP contribution is 2.10. The summed E-state index contributed by atoms with van der Waals surface area (Å²) < 4.78 is 4.48. The molecule has 0 aliphatic heterocycles. The Kier molecular flexibility index (Phi) is 8.89. The van der Waals surface area contributed by atoms with Crippen molar-refractivity contribution in [1.82, 2.24) is 16.0 Å². The van der Waals surface area contributed by atoms with Crippen molar-refractivity contribution in [2.45, 2.75) is 38.4 Å². The second-order valence-corrected chi connectivity index (χ2v) is 6.33. The highest BCUT2D eigenvalue weighted by atomic mass is 16.5. The molecular formula is C18H27N4O6+. The SMILES string of the molecule is COC(=O)C(C)NC(=O)CNC(=O)C(C)NC(=O)C([NH3+])Cc1ccc(O)cc1. The van der Waals surface area contributed by atoms with Gasteiger partial charge in [0.15, 0.2) is 6.04 Å². The van der Waals surface area contributed by atoms with E-state index in [9.17, 15) is 24.3 Å². The summed E-state index contributed by atoms with van der Waals surface area (Å²) in [6, 6.07) is 4.06. The molecule has 0 saturated carbocycles. The number of ether oxygens (including phenoxy) is 1. The van der Waals surface area contributed by atoms with Crippen LogP contribution in [0, 0.1) is 0 Å². The van der Waals surface area contributed by atoms with E-state index >= 15 is 0 Å². The molecule has 0 aromatic heterocycles. The minimum Gasteiger partial charge on any atom is -0.508 e. The summed E-state index contributed by atoms with van der Waals surface area (Å²) in [6.45, 7) is 2.59. The first-order chi connectivity index (χ1) is 13.1. The van der Waals surface area contributed by atoms with E-state index < -0.39 is 41.8 Å². The molecule has 10 nitrogen and oxygen atoms in total. The van der Waals surface area contributed by atoms with Gasteiger partial charge in [-0.15, -0.1) is 0 Å². The van der Waals surface area contributed by atoms with Gasteiger partial charge in [0.2, 0.25) is 11.8 Å². The van der Waals surface area contributed by atoms with Gasteiger partial charge in [-0.2, -0.15) is 0 Å². The summed E-state index contributed by atoms with van der Waals surface area (Å²) in [6.07, 6.45) is 0.342. The summed E-state index contributed by atoms with van der Waals surface area (Å²) in [5.41, 5.74) is 4.61. The van der Waals surface area contributed by atoms with Crippen molar-refractivity contribution in [1.29, 1.82) is 0 Å². The molecule has 7 N–H and O–H groups in total. The number of phenolic OH excluding ortho intramolecular Hbond substituents is 1. The molecule has 0 spiro atoms. The maximum atomic E-state index is 12.2. The number of carbonyl (C=O) groups is 4. The minimum atomic E-state index is -0.873. The lowest BCUT2D eigenvalue weighted by Gasteiger charge is -2.16. The number of quaternary nitrogens is 1. The van der Waals surface area contributed by atoms with Crippen LogP contribution in [0.3, 0.4) is 0 Å². The first-order valence-electron chi connectivity index (χ1n) is 8.70. The number of hydrogen-bond acceptors (Lipinski definition) is 6. The molecule has 0 saturated heterocycles. The average Bonchev–Trinajstić information content (AvgIpc) is 2.66. The number of aromatic hydroxyl groups is 1. The molecule has 1 aromatic carbocycles. The Labute approximate surface area is 162 Å².